The first-order valence-electron chi connectivity index (χ1n) is 13.1. The number of ether oxygens (including phenoxy) is 1. The third-order valence-electron chi connectivity index (χ3n) is 8.23. The first-order chi connectivity index (χ1) is 19.5. The lowest BCUT2D eigenvalue weighted by molar-refractivity contribution is 0.129. The monoisotopic (exact) mass is 540 g/mol. The van der Waals surface area contributed by atoms with Crippen molar-refractivity contribution >= 4 is 11.8 Å². The first kappa shape index (κ1) is 24.3. The number of benzene rings is 1. The van der Waals surface area contributed by atoms with Crippen LogP contribution in [0.5, 0.6) is 0 Å². The van der Waals surface area contributed by atoms with Gasteiger partial charge in [-0.1, -0.05) is 11.3 Å². The SMILES string of the molecule is [C-]#[N+]C1(c2ccc(-c3ccc(N4C[C@H](Cn5ccnn5)OC4=O)cc3F)cn2)[C@@H]2CN(CCn3cnnc3)C[C@@H]21. The maximum absolute atomic E-state index is 15.2. The minimum Gasteiger partial charge on any atom is -0.442 e. The van der Waals surface area contributed by atoms with Crippen molar-refractivity contribution in [1.82, 2.24) is 39.6 Å². The second-order valence-corrected chi connectivity index (χ2v) is 10.4. The molecule has 0 bridgehead atoms. The summed E-state index contributed by atoms with van der Waals surface area (Å²) in [5.74, 6) is 0.0225. The van der Waals surface area contributed by atoms with Crippen molar-refractivity contribution in [2.24, 2.45) is 11.8 Å². The standard InChI is InChI=1S/C27H25FN10O2/c1-29-27(22-14-35(15-23(22)27)8-9-36-16-32-33-17-36)25-5-2-18(11-30-25)21-4-3-19(10-24(21)28)38-13-20(40-26(38)39)12-37-7-6-31-34-37/h2-7,10-11,16-17,20,22-23H,8-9,12-15H2/t20-,22-,23+,27?/m0/s1. The third-order valence-corrected chi connectivity index (χ3v) is 8.23. The number of pyridine rings is 1. The molecule has 5 heterocycles. The summed E-state index contributed by atoms with van der Waals surface area (Å²) in [4.78, 5) is 24.9. The Morgan fingerprint density at radius 2 is 1.90 bits per heavy atom. The van der Waals surface area contributed by atoms with E-state index in [2.05, 4.69) is 35.2 Å². The molecule has 3 fully saturated rings. The van der Waals surface area contributed by atoms with Crippen LogP contribution in [0.15, 0.2) is 61.6 Å². The summed E-state index contributed by atoms with van der Waals surface area (Å²) in [7, 11) is 0. The Kier molecular flexibility index (Phi) is 5.78. The fourth-order valence-corrected chi connectivity index (χ4v) is 6.13. The van der Waals surface area contributed by atoms with Gasteiger partial charge in [-0.05, 0) is 24.3 Å². The lowest BCUT2D eigenvalue weighted by Gasteiger charge is -2.20. The van der Waals surface area contributed by atoms with Gasteiger partial charge < -0.3 is 19.0 Å². The summed E-state index contributed by atoms with van der Waals surface area (Å²) in [6.45, 7) is 12.0. The molecule has 2 saturated heterocycles. The number of fused-ring (bicyclic) bond motifs is 1. The van der Waals surface area contributed by atoms with Crippen molar-refractivity contribution in [3.63, 3.8) is 0 Å². The summed E-state index contributed by atoms with van der Waals surface area (Å²) in [5.41, 5.74) is 1.55. The molecule has 4 aromatic rings. The van der Waals surface area contributed by atoms with Crippen LogP contribution in [0.3, 0.4) is 0 Å². The van der Waals surface area contributed by atoms with Crippen LogP contribution in [0.4, 0.5) is 14.9 Å². The summed E-state index contributed by atoms with van der Waals surface area (Å²) in [6.07, 6.45) is 7.36. The van der Waals surface area contributed by atoms with Gasteiger partial charge in [-0.25, -0.2) is 20.4 Å². The molecule has 1 aromatic carbocycles. The Morgan fingerprint density at radius 1 is 1.07 bits per heavy atom. The molecule has 3 aromatic heterocycles. The van der Waals surface area contributed by atoms with Gasteiger partial charge in [-0.2, -0.15) is 0 Å². The molecule has 0 spiro atoms. The van der Waals surface area contributed by atoms with Crippen molar-refractivity contribution in [2.45, 2.75) is 24.7 Å². The number of carbonyl (C=O) groups excluding carboxylic acids is 1. The minimum atomic E-state index is -0.604. The fraction of sp³-hybridized carbons (Fsp3) is 0.370. The molecule has 3 aliphatic rings. The highest BCUT2D eigenvalue weighted by atomic mass is 19.1. The van der Waals surface area contributed by atoms with Crippen molar-refractivity contribution in [2.75, 3.05) is 31.1 Å². The van der Waals surface area contributed by atoms with Crippen LogP contribution in [0.2, 0.25) is 0 Å². The predicted molar refractivity (Wildman–Crippen MR) is 139 cm³/mol. The van der Waals surface area contributed by atoms with Crippen LogP contribution >= 0.6 is 0 Å². The molecule has 202 valence electrons. The van der Waals surface area contributed by atoms with Crippen LogP contribution in [0.25, 0.3) is 16.0 Å². The Morgan fingerprint density at radius 3 is 2.58 bits per heavy atom. The van der Waals surface area contributed by atoms with Crippen molar-refractivity contribution in [1.29, 1.82) is 0 Å². The van der Waals surface area contributed by atoms with Gasteiger partial charge in [0.05, 0.1) is 36.8 Å². The topological polar surface area (TPSA) is 111 Å². The zero-order valence-corrected chi connectivity index (χ0v) is 21.4. The Hall–Kier alpha value is -4.70. The molecule has 40 heavy (non-hydrogen) atoms. The second-order valence-electron chi connectivity index (χ2n) is 10.4. The number of anilines is 1. The van der Waals surface area contributed by atoms with Crippen LogP contribution in [0, 0.1) is 24.2 Å². The van der Waals surface area contributed by atoms with Crippen LogP contribution < -0.4 is 4.90 Å². The minimum absolute atomic E-state index is 0.244. The highest BCUT2D eigenvalue weighted by Gasteiger charge is 2.77. The number of carbonyl (C=O) groups is 1. The van der Waals surface area contributed by atoms with Gasteiger partial charge >= 0.3 is 6.09 Å². The van der Waals surface area contributed by atoms with Crippen molar-refractivity contribution < 1.29 is 13.9 Å². The van der Waals surface area contributed by atoms with Crippen LogP contribution in [-0.2, 0) is 23.4 Å². The summed E-state index contributed by atoms with van der Waals surface area (Å²) in [5, 5.41) is 15.3. The summed E-state index contributed by atoms with van der Waals surface area (Å²) < 4.78 is 24.2. The van der Waals surface area contributed by atoms with Gasteiger partial charge in [0.15, 0.2) is 0 Å². The quantitative estimate of drug-likeness (QED) is 0.314. The second kappa shape index (κ2) is 9.49. The molecule has 13 heteroatoms. The zero-order chi connectivity index (χ0) is 27.3. The highest BCUT2D eigenvalue weighted by molar-refractivity contribution is 5.90. The lowest BCUT2D eigenvalue weighted by atomic mass is 10.0. The molecule has 7 rings (SSSR count). The molecular formula is C27H25FN10O2. The van der Waals surface area contributed by atoms with E-state index in [1.165, 1.54) is 11.0 Å². The molecule has 12 nitrogen and oxygen atoms in total. The van der Waals surface area contributed by atoms with Crippen molar-refractivity contribution in [3.8, 4) is 11.1 Å². The smallest absolute Gasteiger partial charge is 0.414 e. The van der Waals surface area contributed by atoms with E-state index in [-0.39, 0.29) is 18.4 Å². The molecule has 1 saturated carbocycles. The van der Waals surface area contributed by atoms with Crippen molar-refractivity contribution in [3.05, 3.63) is 84.5 Å². The fourth-order valence-electron chi connectivity index (χ4n) is 6.13. The number of hydrogen-bond donors (Lipinski definition) is 0. The number of cyclic esters (lactones) is 1. The van der Waals surface area contributed by atoms with E-state index in [1.807, 2.05) is 16.7 Å². The van der Waals surface area contributed by atoms with Crippen LogP contribution in [0.1, 0.15) is 5.69 Å². The number of hydrogen-bond acceptors (Lipinski definition) is 8. The van der Waals surface area contributed by atoms with Gasteiger partial charge in [0.1, 0.15) is 30.3 Å². The average Bonchev–Trinajstić information content (AvgIpc) is 3.64. The van der Waals surface area contributed by atoms with E-state index in [9.17, 15) is 4.79 Å². The summed E-state index contributed by atoms with van der Waals surface area (Å²) >= 11 is 0. The number of amides is 1. The Balaban J connectivity index is 1.01. The molecule has 2 aliphatic heterocycles. The molecule has 1 aliphatic carbocycles. The molecule has 1 unspecified atom stereocenters. The predicted octanol–water partition coefficient (Wildman–Crippen LogP) is 2.47. The zero-order valence-electron chi connectivity index (χ0n) is 21.4. The van der Waals surface area contributed by atoms with E-state index in [0.29, 0.717) is 23.4 Å². The number of piperidine rings is 1. The highest BCUT2D eigenvalue weighted by Crippen LogP contribution is 2.64. The Labute approximate surface area is 228 Å². The molecule has 1 amide bonds. The van der Waals surface area contributed by atoms with Crippen LogP contribution in [-0.4, -0.2) is 78.0 Å². The van der Waals surface area contributed by atoms with E-state index >= 15 is 4.39 Å². The number of halogens is 1. The van der Waals surface area contributed by atoms with E-state index in [0.717, 1.165) is 31.9 Å². The lowest BCUT2D eigenvalue weighted by Crippen LogP contribution is -2.31. The molecule has 0 N–H and O–H groups in total. The molecular weight excluding hydrogens is 515 g/mol. The maximum Gasteiger partial charge on any atom is 0.414 e. The van der Waals surface area contributed by atoms with Gasteiger partial charge in [-0.15, -0.1) is 15.3 Å². The summed E-state index contributed by atoms with van der Waals surface area (Å²) in [6, 6.07) is 8.36. The number of aromatic nitrogens is 7. The number of nitrogens with zero attached hydrogens (tertiary/aromatic N) is 10. The largest absolute Gasteiger partial charge is 0.442 e. The number of likely N-dealkylation sites (tertiary alicyclic amines) is 1. The number of rotatable bonds is 8. The molecule has 4 atom stereocenters. The Bertz CT molecular complexity index is 1560. The van der Waals surface area contributed by atoms with E-state index in [1.54, 1.807) is 48.1 Å². The van der Waals surface area contributed by atoms with E-state index in [4.69, 9.17) is 11.3 Å². The maximum atomic E-state index is 15.2. The van der Waals surface area contributed by atoms with Gasteiger partial charge in [0.25, 0.3) is 5.54 Å². The third kappa shape index (κ3) is 4.08. The average molecular weight is 541 g/mol. The normalized spacial score (nSPS) is 25.6. The molecule has 0 radical (unpaired) electrons. The first-order valence-corrected chi connectivity index (χ1v) is 13.1. The van der Waals surface area contributed by atoms with Gasteiger partial charge in [0, 0.05) is 49.7 Å². The van der Waals surface area contributed by atoms with Gasteiger partial charge in [-0.3, -0.25) is 9.88 Å². The van der Waals surface area contributed by atoms with Gasteiger partial charge in [0.2, 0.25) is 0 Å². The van der Waals surface area contributed by atoms with E-state index < -0.39 is 23.6 Å².